The number of carbonyl (C=O) groups is 1. The number of hydrogen-bond donors (Lipinski definition) is 4. The summed E-state index contributed by atoms with van der Waals surface area (Å²) in [5.41, 5.74) is 1.21. The van der Waals surface area contributed by atoms with E-state index in [1.807, 2.05) is 41.5 Å². The van der Waals surface area contributed by atoms with Crippen molar-refractivity contribution in [2.24, 2.45) is 10.8 Å². The fraction of sp³-hybridized carbons (Fsp3) is 0.406. The Labute approximate surface area is 256 Å². The molecule has 2 atom stereocenters. The number of rotatable bonds is 4. The van der Waals surface area contributed by atoms with Gasteiger partial charge in [0.05, 0.1) is 11.3 Å². The molecule has 0 fully saturated rings. The van der Waals surface area contributed by atoms with E-state index in [4.69, 9.17) is 4.74 Å². The second kappa shape index (κ2) is 9.53. The Morgan fingerprint density at radius 2 is 1.57 bits per heavy atom. The van der Waals surface area contributed by atoms with Gasteiger partial charge in [0.15, 0.2) is 11.5 Å². The molecule has 10 nitrogen and oxygen atoms in total. The van der Waals surface area contributed by atoms with Crippen LogP contribution in [-0.2, 0) is 26.7 Å². The Bertz CT molecular complexity index is 2140. The van der Waals surface area contributed by atoms with Crippen molar-refractivity contribution in [2.45, 2.75) is 82.4 Å². The highest BCUT2D eigenvalue weighted by molar-refractivity contribution is 7.86. The molecule has 1 aromatic heterocycles. The predicted octanol–water partition coefficient (Wildman–Crippen LogP) is 4.95. The minimum absolute atomic E-state index is 0.0994. The largest absolute Gasteiger partial charge is 0.478 e. The number of aromatic carboxylic acids is 1. The number of benzene rings is 2. The highest BCUT2D eigenvalue weighted by Crippen LogP contribution is 2.51. The number of carboxylic acids is 1. The molecule has 1 aliphatic heterocycles. The number of fused-ring (bicyclic) bond motifs is 4. The summed E-state index contributed by atoms with van der Waals surface area (Å²) in [5.74, 6) is -2.20. The minimum Gasteiger partial charge on any atom is -0.478 e. The molecule has 0 saturated heterocycles. The fourth-order valence-corrected chi connectivity index (χ4v) is 9.49. The minimum atomic E-state index is -4.98. The lowest BCUT2D eigenvalue weighted by molar-refractivity contribution is 0.0696. The van der Waals surface area contributed by atoms with Crippen LogP contribution >= 0.6 is 0 Å². The summed E-state index contributed by atoms with van der Waals surface area (Å²) >= 11 is 0. The number of aromatic nitrogens is 1. The molecule has 6 rings (SSSR count). The molecule has 0 spiro atoms. The topological polar surface area (TPSA) is 171 Å². The van der Waals surface area contributed by atoms with E-state index < -0.39 is 41.4 Å². The zero-order chi connectivity index (χ0) is 32.3. The lowest BCUT2D eigenvalue weighted by atomic mass is 9.69. The number of H-pyrrole nitrogens is 1. The molecule has 2 aromatic carbocycles. The summed E-state index contributed by atoms with van der Waals surface area (Å²) in [6.45, 7) is 11.8. The van der Waals surface area contributed by atoms with E-state index in [1.54, 1.807) is 18.2 Å². The third-order valence-corrected chi connectivity index (χ3v) is 11.0. The quantitative estimate of drug-likeness (QED) is 0.225. The summed E-state index contributed by atoms with van der Waals surface area (Å²) in [6, 6.07) is 4.85. The standard InChI is InChI=1S/C32H35NO9S2/c1-15-11-31(3,4)13-22-18(15)9-20-24(25-17(30(34)35)7-8-33-25)21-10-19-16(2)12-32(5,6)14-23(19)29(44(39,40)41)27(21)42-26(20)28(22)43(36,37)38/h7-10,13,15-16,33H,11-12,14H2,1-6H3,(H,34,35)(H,36,37,38)(H,39,40,41). The van der Waals surface area contributed by atoms with Crippen LogP contribution in [0.5, 0.6) is 11.5 Å². The molecule has 0 bridgehead atoms. The molecule has 4 N–H and O–H groups in total. The Morgan fingerprint density at radius 3 is 2.18 bits per heavy atom. The molecule has 12 heteroatoms. The fourth-order valence-electron chi connectivity index (χ4n) is 7.76. The van der Waals surface area contributed by atoms with Gasteiger partial charge < -0.3 is 14.8 Å². The van der Waals surface area contributed by atoms with Gasteiger partial charge in [-0.25, -0.2) is 4.79 Å². The van der Waals surface area contributed by atoms with E-state index in [-0.39, 0.29) is 61.6 Å². The molecular weight excluding hydrogens is 606 g/mol. The van der Waals surface area contributed by atoms with E-state index >= 15 is 0 Å². The van der Waals surface area contributed by atoms with E-state index in [2.05, 4.69) is 4.98 Å². The van der Waals surface area contributed by atoms with Gasteiger partial charge in [0, 0.05) is 22.6 Å². The second-order valence-electron chi connectivity index (χ2n) is 13.9. The van der Waals surface area contributed by atoms with Crippen molar-refractivity contribution >= 4 is 37.9 Å². The van der Waals surface area contributed by atoms with Crippen LogP contribution in [-0.4, -0.2) is 42.0 Å². The summed E-state index contributed by atoms with van der Waals surface area (Å²) in [5, 5.41) is 10.5. The third kappa shape index (κ3) is 4.79. The number of carboxylic acid groups (broad SMARTS) is 1. The molecule has 0 saturated carbocycles. The van der Waals surface area contributed by atoms with E-state index in [1.165, 1.54) is 12.3 Å². The first kappa shape index (κ1) is 30.6. The van der Waals surface area contributed by atoms with Crippen LogP contribution in [0.1, 0.15) is 105 Å². The highest BCUT2D eigenvalue weighted by Gasteiger charge is 2.41. The van der Waals surface area contributed by atoms with E-state index in [9.17, 15) is 35.8 Å². The van der Waals surface area contributed by atoms with Crippen molar-refractivity contribution in [1.29, 1.82) is 0 Å². The number of aromatic amines is 1. The van der Waals surface area contributed by atoms with Crippen molar-refractivity contribution in [3.63, 3.8) is 0 Å². The normalized spacial score (nSPS) is 21.7. The third-order valence-electron chi connectivity index (χ3n) is 9.11. The van der Waals surface area contributed by atoms with Gasteiger partial charge in [-0.2, -0.15) is 16.8 Å². The van der Waals surface area contributed by atoms with Crippen molar-refractivity contribution in [2.75, 3.05) is 0 Å². The van der Waals surface area contributed by atoms with E-state index in [0.717, 1.165) is 6.42 Å². The predicted molar refractivity (Wildman–Crippen MR) is 163 cm³/mol. The van der Waals surface area contributed by atoms with Crippen LogP contribution in [0.15, 0.2) is 34.2 Å². The number of nitrogens with one attached hydrogen (secondary N) is 1. The molecule has 0 radical (unpaired) electrons. The maximum absolute atomic E-state index is 13.2. The van der Waals surface area contributed by atoms with Gasteiger partial charge in [0.2, 0.25) is 0 Å². The van der Waals surface area contributed by atoms with Crippen LogP contribution in [0.25, 0.3) is 11.6 Å². The van der Waals surface area contributed by atoms with Gasteiger partial charge in [0.25, 0.3) is 20.2 Å². The van der Waals surface area contributed by atoms with Gasteiger partial charge in [-0.1, -0.05) is 47.6 Å². The van der Waals surface area contributed by atoms with Crippen molar-refractivity contribution < 1.29 is 40.6 Å². The Hall–Kier alpha value is -3.45. The Balaban J connectivity index is 1.90. The molecular formula is C32H35NO9S2. The molecule has 2 aliphatic carbocycles. The van der Waals surface area contributed by atoms with E-state index in [0.29, 0.717) is 29.5 Å². The zero-order valence-corrected chi connectivity index (χ0v) is 26.9. The van der Waals surface area contributed by atoms with Gasteiger partial charge >= 0.3 is 5.97 Å². The molecule has 44 heavy (non-hydrogen) atoms. The van der Waals surface area contributed by atoms with Gasteiger partial charge in [0.1, 0.15) is 9.79 Å². The van der Waals surface area contributed by atoms with Crippen molar-refractivity contribution in [3.8, 4) is 11.5 Å². The first-order valence-corrected chi connectivity index (χ1v) is 17.3. The van der Waals surface area contributed by atoms with Gasteiger partial charge in [-0.15, -0.1) is 0 Å². The van der Waals surface area contributed by atoms with Gasteiger partial charge in [-0.05, 0) is 82.0 Å². The lowest BCUT2D eigenvalue weighted by Gasteiger charge is -2.38. The highest BCUT2D eigenvalue weighted by atomic mass is 32.2. The molecule has 234 valence electrons. The SMILES string of the molecule is CC1CC(C)(C)Cc2c1cc1c(c2S(=O)(=O)O)Oc2c(S(=O)(=O)O)c3c(cc2=C1c1[nH]ccc1C(=O)O)C(C)CC(C)(C)C=3. The second-order valence-corrected chi connectivity index (χ2v) is 16.6. The summed E-state index contributed by atoms with van der Waals surface area (Å²) in [7, 11) is -9.94. The average molecular weight is 642 g/mol. The zero-order valence-electron chi connectivity index (χ0n) is 25.3. The summed E-state index contributed by atoms with van der Waals surface area (Å²) in [6.07, 6.45) is 4.87. The average Bonchev–Trinajstić information content (AvgIpc) is 3.32. The van der Waals surface area contributed by atoms with Crippen molar-refractivity contribution in [3.05, 3.63) is 68.3 Å². The molecule has 0 amide bonds. The Kier molecular flexibility index (Phi) is 6.62. The first-order chi connectivity index (χ1) is 20.2. The number of ether oxygens (including phenoxy) is 1. The summed E-state index contributed by atoms with van der Waals surface area (Å²) < 4.78 is 80.5. The first-order valence-electron chi connectivity index (χ1n) is 14.4. The molecule has 2 unspecified atom stereocenters. The Morgan fingerprint density at radius 1 is 0.932 bits per heavy atom. The molecule has 3 aromatic rings. The van der Waals surface area contributed by atoms with Crippen LogP contribution in [0.3, 0.4) is 0 Å². The maximum atomic E-state index is 13.2. The van der Waals surface area contributed by atoms with Crippen LogP contribution in [0.2, 0.25) is 0 Å². The smallest absolute Gasteiger partial charge is 0.337 e. The lowest BCUT2D eigenvalue weighted by Crippen LogP contribution is -2.35. The number of hydrogen-bond acceptors (Lipinski definition) is 6. The van der Waals surface area contributed by atoms with Crippen LogP contribution in [0.4, 0.5) is 0 Å². The molecule has 3 aliphatic rings. The van der Waals surface area contributed by atoms with Crippen LogP contribution in [0, 0.1) is 10.8 Å². The monoisotopic (exact) mass is 641 g/mol. The van der Waals surface area contributed by atoms with Gasteiger partial charge in [-0.3, -0.25) is 9.11 Å². The summed E-state index contributed by atoms with van der Waals surface area (Å²) in [4.78, 5) is 14.3. The van der Waals surface area contributed by atoms with Crippen molar-refractivity contribution in [1.82, 2.24) is 4.98 Å². The maximum Gasteiger partial charge on any atom is 0.337 e. The van der Waals surface area contributed by atoms with Crippen LogP contribution < -0.4 is 15.2 Å². The molecule has 2 heterocycles.